The number of carbonyl (C=O) groups excluding carboxylic acids is 2. The van der Waals surface area contributed by atoms with Crippen LogP contribution < -0.4 is 16.2 Å². The molecule has 32 heavy (non-hydrogen) atoms. The normalized spacial score (nSPS) is 10.8. The van der Waals surface area contributed by atoms with Gasteiger partial charge in [-0.3, -0.25) is 19.0 Å². The van der Waals surface area contributed by atoms with Crippen molar-refractivity contribution < 1.29 is 9.59 Å². The highest BCUT2D eigenvalue weighted by atomic mass is 35.5. The van der Waals surface area contributed by atoms with Crippen molar-refractivity contribution in [2.45, 2.75) is 12.1 Å². The van der Waals surface area contributed by atoms with Gasteiger partial charge in [0.2, 0.25) is 11.8 Å². The topological polar surface area (TPSA) is 93.1 Å². The number of rotatable bonds is 6. The van der Waals surface area contributed by atoms with Crippen molar-refractivity contribution in [3.63, 3.8) is 0 Å². The van der Waals surface area contributed by atoms with Crippen molar-refractivity contribution in [1.29, 1.82) is 0 Å². The van der Waals surface area contributed by atoms with Gasteiger partial charge in [0, 0.05) is 23.3 Å². The Bertz CT molecular complexity index is 1380. The second-order valence-electron chi connectivity index (χ2n) is 6.75. The molecule has 2 heterocycles. The number of aromatic nitrogens is 2. The van der Waals surface area contributed by atoms with E-state index in [1.165, 1.54) is 22.8 Å². The Hall–Kier alpha value is -3.14. The third-order valence-electron chi connectivity index (χ3n) is 4.31. The Morgan fingerprint density at radius 3 is 2.59 bits per heavy atom. The lowest BCUT2D eigenvalue weighted by Gasteiger charge is -2.12. The van der Waals surface area contributed by atoms with Gasteiger partial charge in [-0.15, -0.1) is 11.3 Å². The number of amides is 2. The van der Waals surface area contributed by atoms with Crippen LogP contribution in [-0.2, 0) is 9.59 Å². The summed E-state index contributed by atoms with van der Waals surface area (Å²) in [5, 5.41) is 8.17. The van der Waals surface area contributed by atoms with Crippen LogP contribution in [0.1, 0.15) is 6.92 Å². The van der Waals surface area contributed by atoms with Crippen LogP contribution in [0.25, 0.3) is 15.9 Å². The molecule has 0 unspecified atom stereocenters. The zero-order chi connectivity index (χ0) is 22.7. The molecule has 2 aromatic carbocycles. The molecule has 0 spiro atoms. The van der Waals surface area contributed by atoms with Crippen molar-refractivity contribution >= 4 is 68.1 Å². The average Bonchev–Trinajstić information content (AvgIpc) is 3.21. The standard InChI is InChI=1S/C22H17ClN4O3S2/c1-13(28)24-15-5-3-6-16(11-15)25-19(29)12-32-22-26-18-8-9-31-20(18)21(30)27(22)17-7-2-4-14(23)10-17/h2-11H,12H2,1H3,(H,24,28)(H,25,29). The zero-order valence-corrected chi connectivity index (χ0v) is 19.2. The molecule has 0 atom stereocenters. The minimum atomic E-state index is -0.271. The van der Waals surface area contributed by atoms with Crippen LogP contribution in [0.5, 0.6) is 0 Å². The molecule has 10 heteroatoms. The van der Waals surface area contributed by atoms with Gasteiger partial charge in [-0.2, -0.15) is 0 Å². The quantitative estimate of drug-likeness (QED) is 0.303. The second-order valence-corrected chi connectivity index (χ2v) is 9.04. The Morgan fingerprint density at radius 2 is 1.84 bits per heavy atom. The predicted octanol–water partition coefficient (Wildman–Crippen LogP) is 4.79. The van der Waals surface area contributed by atoms with Gasteiger partial charge < -0.3 is 10.6 Å². The van der Waals surface area contributed by atoms with Crippen LogP contribution in [0.4, 0.5) is 11.4 Å². The molecule has 0 saturated heterocycles. The van der Waals surface area contributed by atoms with Crippen molar-refractivity contribution in [2.24, 2.45) is 0 Å². The number of hydrogen-bond acceptors (Lipinski definition) is 6. The summed E-state index contributed by atoms with van der Waals surface area (Å²) in [6, 6.07) is 15.6. The van der Waals surface area contributed by atoms with E-state index < -0.39 is 0 Å². The number of anilines is 2. The lowest BCUT2D eigenvalue weighted by atomic mass is 10.2. The summed E-state index contributed by atoms with van der Waals surface area (Å²) in [6.07, 6.45) is 0. The summed E-state index contributed by atoms with van der Waals surface area (Å²) in [6.45, 7) is 1.42. The van der Waals surface area contributed by atoms with Crippen LogP contribution in [0.2, 0.25) is 5.02 Å². The molecule has 162 valence electrons. The molecule has 0 aliphatic heterocycles. The van der Waals surface area contributed by atoms with Gasteiger partial charge in [0.15, 0.2) is 5.16 Å². The lowest BCUT2D eigenvalue weighted by Crippen LogP contribution is -2.22. The first-order valence-corrected chi connectivity index (χ1v) is 11.7. The van der Waals surface area contributed by atoms with Crippen LogP contribution in [0.3, 0.4) is 0 Å². The summed E-state index contributed by atoms with van der Waals surface area (Å²) >= 11 is 8.60. The summed E-state index contributed by atoms with van der Waals surface area (Å²) < 4.78 is 2.01. The SMILES string of the molecule is CC(=O)Nc1cccc(NC(=O)CSc2nc3ccsc3c(=O)n2-c2cccc(Cl)c2)c1. The number of thioether (sulfide) groups is 1. The predicted molar refractivity (Wildman–Crippen MR) is 130 cm³/mol. The van der Waals surface area contributed by atoms with Gasteiger partial charge in [-0.1, -0.05) is 35.5 Å². The average molecular weight is 485 g/mol. The van der Waals surface area contributed by atoms with E-state index in [-0.39, 0.29) is 23.1 Å². The van der Waals surface area contributed by atoms with Gasteiger partial charge in [-0.25, -0.2) is 4.98 Å². The highest BCUT2D eigenvalue weighted by Crippen LogP contribution is 2.25. The number of nitrogens with zero attached hydrogens (tertiary/aromatic N) is 2. The van der Waals surface area contributed by atoms with Crippen LogP contribution in [-0.4, -0.2) is 27.1 Å². The van der Waals surface area contributed by atoms with E-state index in [0.29, 0.717) is 37.5 Å². The highest BCUT2D eigenvalue weighted by Gasteiger charge is 2.16. The molecule has 0 aliphatic carbocycles. The molecule has 0 bridgehead atoms. The molecule has 2 N–H and O–H groups in total. The summed E-state index contributed by atoms with van der Waals surface area (Å²) in [5.74, 6) is -0.433. The van der Waals surface area contributed by atoms with E-state index >= 15 is 0 Å². The van der Waals surface area contributed by atoms with Crippen LogP contribution >= 0.6 is 34.7 Å². The Morgan fingerprint density at radius 1 is 1.09 bits per heavy atom. The summed E-state index contributed by atoms with van der Waals surface area (Å²) in [7, 11) is 0. The molecule has 0 saturated carbocycles. The lowest BCUT2D eigenvalue weighted by molar-refractivity contribution is -0.114. The molecule has 0 fully saturated rings. The summed E-state index contributed by atoms with van der Waals surface area (Å²) in [4.78, 5) is 41.5. The Balaban J connectivity index is 1.58. The molecule has 4 rings (SSSR count). The van der Waals surface area contributed by atoms with Gasteiger partial charge in [0.25, 0.3) is 5.56 Å². The largest absolute Gasteiger partial charge is 0.326 e. The molecule has 0 aliphatic rings. The van der Waals surface area contributed by atoms with E-state index in [9.17, 15) is 14.4 Å². The number of fused-ring (bicyclic) bond motifs is 1. The molecule has 0 radical (unpaired) electrons. The fraction of sp³-hybridized carbons (Fsp3) is 0.0909. The molecular formula is C22H17ClN4O3S2. The van der Waals surface area contributed by atoms with E-state index in [4.69, 9.17) is 11.6 Å². The van der Waals surface area contributed by atoms with Crippen molar-refractivity contribution in [3.05, 3.63) is 75.4 Å². The molecule has 2 aromatic heterocycles. The zero-order valence-electron chi connectivity index (χ0n) is 16.8. The number of nitrogens with one attached hydrogen (secondary N) is 2. The number of hydrogen-bond donors (Lipinski definition) is 2. The Kier molecular flexibility index (Phi) is 6.59. The molecule has 7 nitrogen and oxygen atoms in total. The molecular weight excluding hydrogens is 468 g/mol. The first kappa shape index (κ1) is 22.1. The maximum atomic E-state index is 13.1. The van der Waals surface area contributed by atoms with E-state index in [0.717, 1.165) is 11.8 Å². The monoisotopic (exact) mass is 484 g/mol. The maximum absolute atomic E-state index is 13.1. The van der Waals surface area contributed by atoms with Gasteiger partial charge in [-0.05, 0) is 47.8 Å². The van der Waals surface area contributed by atoms with E-state index in [1.54, 1.807) is 54.6 Å². The fourth-order valence-corrected chi connectivity index (χ4v) is 4.79. The number of benzene rings is 2. The van der Waals surface area contributed by atoms with Gasteiger partial charge >= 0.3 is 0 Å². The second kappa shape index (κ2) is 9.56. The van der Waals surface area contributed by atoms with Crippen molar-refractivity contribution in [2.75, 3.05) is 16.4 Å². The van der Waals surface area contributed by atoms with Gasteiger partial charge in [0.1, 0.15) is 4.70 Å². The molecule has 4 aromatic rings. The molecule has 2 amide bonds. The number of halogens is 1. The highest BCUT2D eigenvalue weighted by molar-refractivity contribution is 7.99. The van der Waals surface area contributed by atoms with Crippen LogP contribution in [0, 0.1) is 0 Å². The summed E-state index contributed by atoms with van der Waals surface area (Å²) in [5.41, 5.74) is 2.09. The first-order valence-electron chi connectivity index (χ1n) is 9.47. The number of carbonyl (C=O) groups is 2. The minimum absolute atomic E-state index is 0.0347. The van der Waals surface area contributed by atoms with Gasteiger partial charge in [0.05, 0.1) is 17.0 Å². The Labute approximate surface area is 196 Å². The minimum Gasteiger partial charge on any atom is -0.326 e. The number of thiophene rings is 1. The third-order valence-corrected chi connectivity index (χ3v) is 6.38. The smallest absolute Gasteiger partial charge is 0.276 e. The van der Waals surface area contributed by atoms with E-state index in [1.807, 2.05) is 5.38 Å². The fourth-order valence-electron chi connectivity index (χ4n) is 3.04. The maximum Gasteiger partial charge on any atom is 0.276 e. The van der Waals surface area contributed by atoms with E-state index in [2.05, 4.69) is 15.6 Å². The van der Waals surface area contributed by atoms with Crippen LogP contribution in [0.15, 0.2) is 69.9 Å². The van der Waals surface area contributed by atoms with Crippen molar-refractivity contribution in [3.8, 4) is 5.69 Å². The third kappa shape index (κ3) is 5.01. The first-order chi connectivity index (χ1) is 15.4. The van der Waals surface area contributed by atoms with Crippen molar-refractivity contribution in [1.82, 2.24) is 9.55 Å².